The number of hydrogen-bond acceptors (Lipinski definition) is 4. The van der Waals surface area contributed by atoms with Crippen LogP contribution in [0.3, 0.4) is 0 Å². The van der Waals surface area contributed by atoms with Crippen LogP contribution in [0.5, 0.6) is 0 Å². The van der Waals surface area contributed by atoms with Crippen LogP contribution in [0.4, 0.5) is 11.4 Å². The molecule has 0 saturated carbocycles. The van der Waals surface area contributed by atoms with Crippen molar-refractivity contribution in [2.75, 3.05) is 0 Å². The molecule has 0 saturated heterocycles. The fraction of sp³-hybridized carbons (Fsp3) is 0. The predicted octanol–water partition coefficient (Wildman–Crippen LogP) is 7.15. The Morgan fingerprint density at radius 1 is 0.600 bits per heavy atom. The third kappa shape index (κ3) is 4.92. The van der Waals surface area contributed by atoms with Crippen LogP contribution in [0.15, 0.2) is 60.7 Å². The van der Waals surface area contributed by atoms with Gasteiger partial charge in [-0.2, -0.15) is 0 Å². The lowest BCUT2D eigenvalue weighted by molar-refractivity contribution is -0.394. The van der Waals surface area contributed by atoms with Gasteiger partial charge in [0.25, 0.3) is 11.4 Å². The number of halogens is 2. The molecule has 0 aliphatic rings. The molecule has 0 N–H and O–H groups in total. The monoisotopic (exact) mass is 440 g/mol. The second-order valence-electron chi connectivity index (χ2n) is 6.19. The molecule has 0 aromatic heterocycles. The average molecular weight is 441 g/mol. The van der Waals surface area contributed by atoms with Crippen molar-refractivity contribution in [3.8, 4) is 0 Å². The Balaban J connectivity index is 2.11. The SMILES string of the molecule is O=[N+]([O-])c1cc([N+](=O)[O-])c(C=Cc2ccccc2Cl)cc1C=Cc1ccccc1Cl. The summed E-state index contributed by atoms with van der Waals surface area (Å²) in [6.45, 7) is 0. The van der Waals surface area contributed by atoms with E-state index in [-0.39, 0.29) is 22.5 Å². The Labute approximate surface area is 182 Å². The van der Waals surface area contributed by atoms with Crippen LogP contribution in [-0.4, -0.2) is 9.85 Å². The summed E-state index contributed by atoms with van der Waals surface area (Å²) < 4.78 is 0. The first-order valence-electron chi connectivity index (χ1n) is 8.69. The van der Waals surface area contributed by atoms with Crippen molar-refractivity contribution in [1.82, 2.24) is 0 Å². The molecule has 0 aliphatic heterocycles. The van der Waals surface area contributed by atoms with E-state index in [0.717, 1.165) is 6.07 Å². The lowest BCUT2D eigenvalue weighted by Gasteiger charge is -2.04. The van der Waals surface area contributed by atoms with Crippen LogP contribution >= 0.6 is 23.2 Å². The van der Waals surface area contributed by atoms with E-state index in [1.807, 2.05) is 0 Å². The molecule has 3 rings (SSSR count). The molecule has 0 unspecified atom stereocenters. The van der Waals surface area contributed by atoms with Crippen LogP contribution < -0.4 is 0 Å². The number of nitro benzene ring substituents is 2. The van der Waals surface area contributed by atoms with Crippen LogP contribution in [0.25, 0.3) is 24.3 Å². The number of nitrogens with zero attached hydrogens (tertiary/aromatic N) is 2. The van der Waals surface area contributed by atoms with Gasteiger partial charge in [-0.25, -0.2) is 0 Å². The Morgan fingerprint density at radius 2 is 0.967 bits per heavy atom. The minimum absolute atomic E-state index is 0.212. The first-order valence-corrected chi connectivity index (χ1v) is 9.44. The van der Waals surface area contributed by atoms with Crippen LogP contribution in [0, 0.1) is 20.2 Å². The fourth-order valence-corrected chi connectivity index (χ4v) is 3.17. The van der Waals surface area contributed by atoms with Crippen molar-refractivity contribution in [2.24, 2.45) is 0 Å². The van der Waals surface area contributed by atoms with Crippen molar-refractivity contribution < 1.29 is 9.85 Å². The summed E-state index contributed by atoms with van der Waals surface area (Å²) in [7, 11) is 0. The molecule has 6 nitrogen and oxygen atoms in total. The fourth-order valence-electron chi connectivity index (χ4n) is 2.77. The molecule has 0 atom stereocenters. The second kappa shape index (κ2) is 9.35. The van der Waals surface area contributed by atoms with Gasteiger partial charge in [0.15, 0.2) is 0 Å². The molecular formula is C22H14Cl2N2O4. The first kappa shape index (κ1) is 21.2. The molecule has 0 spiro atoms. The van der Waals surface area contributed by atoms with Crippen LogP contribution in [0.1, 0.15) is 22.3 Å². The maximum absolute atomic E-state index is 11.5. The smallest absolute Gasteiger partial charge is 0.258 e. The van der Waals surface area contributed by atoms with E-state index in [4.69, 9.17) is 23.2 Å². The second-order valence-corrected chi connectivity index (χ2v) is 7.01. The van der Waals surface area contributed by atoms with Crippen molar-refractivity contribution >= 4 is 58.9 Å². The summed E-state index contributed by atoms with van der Waals surface area (Å²) in [5, 5.41) is 24.0. The van der Waals surface area contributed by atoms with E-state index in [0.29, 0.717) is 21.2 Å². The largest absolute Gasteiger partial charge is 0.283 e. The van der Waals surface area contributed by atoms with Crippen molar-refractivity contribution in [1.29, 1.82) is 0 Å². The zero-order valence-electron chi connectivity index (χ0n) is 15.4. The topological polar surface area (TPSA) is 86.3 Å². The highest BCUT2D eigenvalue weighted by Gasteiger charge is 2.22. The van der Waals surface area contributed by atoms with Gasteiger partial charge in [0.05, 0.1) is 27.0 Å². The Hall–Kier alpha value is -3.48. The number of benzene rings is 3. The number of hydrogen-bond donors (Lipinski definition) is 0. The maximum atomic E-state index is 11.5. The van der Waals surface area contributed by atoms with Gasteiger partial charge in [0.2, 0.25) is 0 Å². The summed E-state index contributed by atoms with van der Waals surface area (Å²) in [4.78, 5) is 21.7. The van der Waals surface area contributed by atoms with E-state index in [9.17, 15) is 20.2 Å². The highest BCUT2D eigenvalue weighted by Crippen LogP contribution is 2.32. The number of rotatable bonds is 6. The van der Waals surface area contributed by atoms with Crippen LogP contribution in [0.2, 0.25) is 10.0 Å². The van der Waals surface area contributed by atoms with Gasteiger partial charge < -0.3 is 0 Å². The standard InChI is InChI=1S/C22H14Cl2N2O4/c23-19-7-3-1-5-15(19)9-11-17-13-18(12-10-16-6-2-4-8-20(16)24)22(26(29)30)14-21(17)25(27)28/h1-14H. The van der Waals surface area contributed by atoms with Gasteiger partial charge in [0, 0.05) is 10.0 Å². The normalized spacial score (nSPS) is 11.3. The van der Waals surface area contributed by atoms with Gasteiger partial charge in [-0.15, -0.1) is 0 Å². The van der Waals surface area contributed by atoms with Crippen molar-refractivity contribution in [3.63, 3.8) is 0 Å². The number of nitro groups is 2. The predicted molar refractivity (Wildman–Crippen MR) is 121 cm³/mol. The molecule has 0 bridgehead atoms. The lowest BCUT2D eigenvalue weighted by Crippen LogP contribution is -1.98. The minimum atomic E-state index is -0.652. The van der Waals surface area contributed by atoms with Gasteiger partial charge >= 0.3 is 0 Å². The first-order chi connectivity index (χ1) is 14.4. The molecule has 30 heavy (non-hydrogen) atoms. The summed E-state index contributed by atoms with van der Waals surface area (Å²) in [6.07, 6.45) is 6.27. The Morgan fingerprint density at radius 3 is 1.33 bits per heavy atom. The molecular weight excluding hydrogens is 427 g/mol. The Bertz CT molecular complexity index is 1100. The van der Waals surface area contributed by atoms with Gasteiger partial charge in [-0.05, 0) is 41.5 Å². The molecule has 3 aromatic rings. The van der Waals surface area contributed by atoms with E-state index in [2.05, 4.69) is 0 Å². The Kier molecular flexibility index (Phi) is 6.61. The molecule has 150 valence electrons. The minimum Gasteiger partial charge on any atom is -0.258 e. The lowest BCUT2D eigenvalue weighted by atomic mass is 10.0. The molecule has 0 fully saturated rings. The van der Waals surface area contributed by atoms with E-state index in [1.54, 1.807) is 60.7 Å². The summed E-state index contributed by atoms with van der Waals surface area (Å²) >= 11 is 12.3. The zero-order valence-corrected chi connectivity index (χ0v) is 16.9. The maximum Gasteiger partial charge on any atom is 0.283 e. The highest BCUT2D eigenvalue weighted by atomic mass is 35.5. The quantitative estimate of drug-likeness (QED) is 0.231. The molecule has 8 heteroatoms. The molecule has 0 radical (unpaired) electrons. The van der Waals surface area contributed by atoms with E-state index >= 15 is 0 Å². The highest BCUT2D eigenvalue weighted by molar-refractivity contribution is 6.32. The zero-order chi connectivity index (χ0) is 21.7. The summed E-state index contributed by atoms with van der Waals surface area (Å²) in [6, 6.07) is 16.4. The van der Waals surface area contributed by atoms with Gasteiger partial charge in [0.1, 0.15) is 0 Å². The third-order valence-electron chi connectivity index (χ3n) is 4.26. The molecule has 0 heterocycles. The summed E-state index contributed by atoms with van der Waals surface area (Å²) in [5.74, 6) is 0. The molecule has 0 aliphatic carbocycles. The van der Waals surface area contributed by atoms with Gasteiger partial charge in [-0.1, -0.05) is 71.8 Å². The third-order valence-corrected chi connectivity index (χ3v) is 4.95. The van der Waals surface area contributed by atoms with Crippen molar-refractivity contribution in [2.45, 2.75) is 0 Å². The average Bonchev–Trinajstić information content (AvgIpc) is 2.72. The van der Waals surface area contributed by atoms with Crippen LogP contribution in [-0.2, 0) is 0 Å². The summed E-state index contributed by atoms with van der Waals surface area (Å²) in [5.41, 5.74) is 1.01. The van der Waals surface area contributed by atoms with E-state index in [1.165, 1.54) is 18.2 Å². The molecule has 0 amide bonds. The van der Waals surface area contributed by atoms with Crippen molar-refractivity contribution in [3.05, 3.63) is 113 Å². The molecule has 3 aromatic carbocycles. The van der Waals surface area contributed by atoms with E-state index < -0.39 is 9.85 Å². The van der Waals surface area contributed by atoms with Gasteiger partial charge in [-0.3, -0.25) is 20.2 Å².